The number of aryl methyl sites for hydroxylation is 1. The highest BCUT2D eigenvalue weighted by Crippen LogP contribution is 2.23. The first kappa shape index (κ1) is 17.7. The molecule has 0 unspecified atom stereocenters. The highest BCUT2D eigenvalue weighted by atomic mass is 19.1. The van der Waals surface area contributed by atoms with E-state index in [1.165, 1.54) is 12.1 Å². The van der Waals surface area contributed by atoms with Crippen molar-refractivity contribution in [2.24, 2.45) is 0 Å². The van der Waals surface area contributed by atoms with Crippen molar-refractivity contribution in [3.8, 4) is 11.5 Å². The van der Waals surface area contributed by atoms with Crippen LogP contribution in [0, 0.1) is 12.7 Å². The summed E-state index contributed by atoms with van der Waals surface area (Å²) >= 11 is 0. The van der Waals surface area contributed by atoms with E-state index >= 15 is 0 Å². The molecule has 6 nitrogen and oxygen atoms in total. The maximum Gasteiger partial charge on any atom is 0.257 e. The Morgan fingerprint density at radius 1 is 1.11 bits per heavy atom. The van der Waals surface area contributed by atoms with Crippen LogP contribution in [0.2, 0.25) is 0 Å². The Morgan fingerprint density at radius 3 is 2.54 bits per heavy atom. The summed E-state index contributed by atoms with van der Waals surface area (Å²) in [6.45, 7) is 2.14. The molecular formula is C21H18FN5O. The molecule has 0 fully saturated rings. The molecule has 0 bridgehead atoms. The van der Waals surface area contributed by atoms with Crippen molar-refractivity contribution in [3.05, 3.63) is 96.0 Å². The standard InChI is InChI=1S/C21H18FN5O/c1-15-19(20(28)24-14-16-5-4-10-23-13-16)21(26-11-2-3-12-26)27(25-15)18-8-6-17(22)7-9-18/h2-13H,14H2,1H3,(H,24,28). The van der Waals surface area contributed by atoms with Crippen LogP contribution >= 0.6 is 0 Å². The Balaban J connectivity index is 1.74. The van der Waals surface area contributed by atoms with Crippen molar-refractivity contribution >= 4 is 5.91 Å². The van der Waals surface area contributed by atoms with E-state index in [0.29, 0.717) is 29.3 Å². The number of carbonyl (C=O) groups is 1. The molecule has 0 radical (unpaired) electrons. The van der Waals surface area contributed by atoms with Gasteiger partial charge < -0.3 is 9.88 Å². The molecule has 1 N–H and O–H groups in total. The number of amides is 1. The predicted octanol–water partition coefficient (Wildman–Crippen LogP) is 3.44. The van der Waals surface area contributed by atoms with E-state index in [1.54, 1.807) is 36.1 Å². The zero-order valence-electron chi connectivity index (χ0n) is 15.2. The van der Waals surface area contributed by atoms with Gasteiger partial charge in [-0.1, -0.05) is 6.07 Å². The second kappa shape index (κ2) is 7.48. The Morgan fingerprint density at radius 2 is 1.86 bits per heavy atom. The SMILES string of the molecule is Cc1nn(-c2ccc(F)cc2)c(-n2cccc2)c1C(=O)NCc1cccnc1. The van der Waals surface area contributed by atoms with E-state index in [1.807, 2.05) is 41.2 Å². The lowest BCUT2D eigenvalue weighted by Crippen LogP contribution is -2.24. The summed E-state index contributed by atoms with van der Waals surface area (Å²) in [5.41, 5.74) is 2.61. The van der Waals surface area contributed by atoms with Crippen LogP contribution in [-0.4, -0.2) is 25.2 Å². The second-order valence-electron chi connectivity index (χ2n) is 6.31. The fourth-order valence-electron chi connectivity index (χ4n) is 3.03. The summed E-state index contributed by atoms with van der Waals surface area (Å²) in [6.07, 6.45) is 7.08. The number of hydrogen-bond acceptors (Lipinski definition) is 3. The number of carbonyl (C=O) groups excluding carboxylic acids is 1. The van der Waals surface area contributed by atoms with Gasteiger partial charge in [-0.25, -0.2) is 9.07 Å². The number of pyridine rings is 1. The van der Waals surface area contributed by atoms with Crippen LogP contribution in [0.25, 0.3) is 11.5 Å². The topological polar surface area (TPSA) is 64.7 Å². The Kier molecular flexibility index (Phi) is 4.72. The average molecular weight is 375 g/mol. The van der Waals surface area contributed by atoms with Crippen LogP contribution in [0.4, 0.5) is 4.39 Å². The maximum atomic E-state index is 13.3. The van der Waals surface area contributed by atoms with Gasteiger partial charge in [-0.2, -0.15) is 5.10 Å². The highest BCUT2D eigenvalue weighted by Gasteiger charge is 2.23. The number of halogens is 1. The molecule has 28 heavy (non-hydrogen) atoms. The number of aromatic nitrogens is 4. The van der Waals surface area contributed by atoms with E-state index in [2.05, 4.69) is 15.4 Å². The molecule has 0 spiro atoms. The summed E-state index contributed by atoms with van der Waals surface area (Å²) < 4.78 is 16.8. The van der Waals surface area contributed by atoms with Crippen LogP contribution in [0.5, 0.6) is 0 Å². The molecule has 4 aromatic rings. The number of rotatable bonds is 5. The zero-order valence-corrected chi connectivity index (χ0v) is 15.2. The van der Waals surface area contributed by atoms with Gasteiger partial charge in [0.15, 0.2) is 5.82 Å². The first-order chi connectivity index (χ1) is 13.6. The Hall–Kier alpha value is -3.74. The van der Waals surface area contributed by atoms with Crippen molar-refractivity contribution in [3.63, 3.8) is 0 Å². The van der Waals surface area contributed by atoms with Crippen molar-refractivity contribution in [1.82, 2.24) is 24.6 Å². The molecule has 3 aromatic heterocycles. The third kappa shape index (κ3) is 3.42. The molecule has 4 rings (SSSR count). The summed E-state index contributed by atoms with van der Waals surface area (Å²) in [5.74, 6) is 0.0285. The van der Waals surface area contributed by atoms with Gasteiger partial charge in [0.2, 0.25) is 0 Å². The Labute approximate surface area is 161 Å². The number of hydrogen-bond donors (Lipinski definition) is 1. The van der Waals surface area contributed by atoms with Gasteiger partial charge in [0.05, 0.1) is 11.4 Å². The number of benzene rings is 1. The van der Waals surface area contributed by atoms with E-state index in [-0.39, 0.29) is 11.7 Å². The van der Waals surface area contributed by atoms with Gasteiger partial charge in [0.1, 0.15) is 11.4 Å². The molecule has 0 saturated heterocycles. The number of nitrogens with one attached hydrogen (secondary N) is 1. The van der Waals surface area contributed by atoms with E-state index in [9.17, 15) is 9.18 Å². The maximum absolute atomic E-state index is 13.3. The molecule has 0 saturated carbocycles. The normalized spacial score (nSPS) is 10.8. The zero-order chi connectivity index (χ0) is 19.5. The molecule has 0 aliphatic rings. The quantitative estimate of drug-likeness (QED) is 0.581. The largest absolute Gasteiger partial charge is 0.348 e. The molecule has 7 heteroatoms. The molecule has 1 aromatic carbocycles. The van der Waals surface area contributed by atoms with Gasteiger partial charge in [0, 0.05) is 31.3 Å². The van der Waals surface area contributed by atoms with Gasteiger partial charge in [-0.3, -0.25) is 9.78 Å². The van der Waals surface area contributed by atoms with E-state index < -0.39 is 0 Å². The molecule has 0 atom stereocenters. The van der Waals surface area contributed by atoms with Crippen LogP contribution < -0.4 is 5.32 Å². The minimum atomic E-state index is -0.329. The lowest BCUT2D eigenvalue weighted by molar-refractivity contribution is 0.0950. The minimum Gasteiger partial charge on any atom is -0.348 e. The lowest BCUT2D eigenvalue weighted by Gasteiger charge is -2.11. The number of nitrogens with zero attached hydrogens (tertiary/aromatic N) is 4. The highest BCUT2D eigenvalue weighted by molar-refractivity contribution is 5.98. The molecule has 1 amide bonds. The monoisotopic (exact) mass is 375 g/mol. The van der Waals surface area contributed by atoms with E-state index in [4.69, 9.17) is 0 Å². The fraction of sp³-hybridized carbons (Fsp3) is 0.0952. The van der Waals surface area contributed by atoms with Crippen molar-refractivity contribution < 1.29 is 9.18 Å². The fourth-order valence-corrected chi connectivity index (χ4v) is 3.03. The van der Waals surface area contributed by atoms with Crippen LogP contribution in [0.1, 0.15) is 21.6 Å². The predicted molar refractivity (Wildman–Crippen MR) is 103 cm³/mol. The Bertz CT molecular complexity index is 1090. The molecular weight excluding hydrogens is 357 g/mol. The van der Waals surface area contributed by atoms with Gasteiger partial charge in [0.25, 0.3) is 5.91 Å². The molecule has 0 aliphatic heterocycles. The van der Waals surface area contributed by atoms with Gasteiger partial charge in [-0.05, 0) is 55.0 Å². The van der Waals surface area contributed by atoms with Gasteiger partial charge >= 0.3 is 0 Å². The third-order valence-electron chi connectivity index (χ3n) is 4.36. The van der Waals surface area contributed by atoms with Crippen molar-refractivity contribution in [2.45, 2.75) is 13.5 Å². The van der Waals surface area contributed by atoms with Crippen molar-refractivity contribution in [2.75, 3.05) is 0 Å². The first-order valence-corrected chi connectivity index (χ1v) is 8.79. The summed E-state index contributed by atoms with van der Waals surface area (Å²) in [4.78, 5) is 17.1. The lowest BCUT2D eigenvalue weighted by atomic mass is 10.2. The minimum absolute atomic E-state index is 0.238. The van der Waals surface area contributed by atoms with Crippen LogP contribution in [-0.2, 0) is 6.54 Å². The van der Waals surface area contributed by atoms with Crippen LogP contribution in [0.3, 0.4) is 0 Å². The second-order valence-corrected chi connectivity index (χ2v) is 6.31. The molecule has 3 heterocycles. The van der Waals surface area contributed by atoms with Crippen LogP contribution in [0.15, 0.2) is 73.3 Å². The smallest absolute Gasteiger partial charge is 0.257 e. The summed E-state index contributed by atoms with van der Waals surface area (Å²) in [5, 5.41) is 7.47. The average Bonchev–Trinajstić information content (AvgIpc) is 3.35. The van der Waals surface area contributed by atoms with Crippen molar-refractivity contribution in [1.29, 1.82) is 0 Å². The van der Waals surface area contributed by atoms with Gasteiger partial charge in [-0.15, -0.1) is 0 Å². The summed E-state index contributed by atoms with van der Waals surface area (Å²) in [6, 6.07) is 13.5. The summed E-state index contributed by atoms with van der Waals surface area (Å²) in [7, 11) is 0. The molecule has 140 valence electrons. The van der Waals surface area contributed by atoms with E-state index in [0.717, 1.165) is 5.56 Å². The first-order valence-electron chi connectivity index (χ1n) is 8.79. The molecule has 0 aliphatic carbocycles. The third-order valence-corrected chi connectivity index (χ3v) is 4.36.